The highest BCUT2D eigenvalue weighted by Gasteiger charge is 2.42. The molecule has 0 radical (unpaired) electrons. The van der Waals surface area contributed by atoms with Gasteiger partial charge in [0.1, 0.15) is 0 Å². The Morgan fingerprint density at radius 3 is 2.77 bits per heavy atom. The summed E-state index contributed by atoms with van der Waals surface area (Å²) in [5.41, 5.74) is -0.499. The van der Waals surface area contributed by atoms with Gasteiger partial charge in [-0.05, 0) is 13.3 Å². The number of aliphatic hydroxyl groups is 1. The largest absolute Gasteiger partial charge is 0.389 e. The summed E-state index contributed by atoms with van der Waals surface area (Å²) in [5.74, 6) is 0.377. The number of hydrogen-bond acceptors (Lipinski definition) is 1. The predicted octanol–water partition coefficient (Wildman–Crippen LogP) is 0.237. The third-order valence-corrected chi connectivity index (χ3v) is 3.54. The molecular weight excluding hydrogens is 162 g/mol. The zero-order valence-corrected chi connectivity index (χ0v) is 9.01. The Labute approximate surface area is 81.2 Å². The normalized spacial score (nSPS) is 46.0. The SMILES string of the molecule is C=CC[C@@]1(O)C[C@H](C)[NH+](C)C[C@H]1C. The first-order valence-corrected chi connectivity index (χ1v) is 5.15. The van der Waals surface area contributed by atoms with Crippen molar-refractivity contribution >= 4 is 0 Å². The molecule has 1 saturated heterocycles. The molecule has 4 atom stereocenters. The maximum absolute atomic E-state index is 10.3. The maximum Gasteiger partial charge on any atom is 0.0872 e. The summed E-state index contributed by atoms with van der Waals surface area (Å²) in [6.45, 7) is 9.11. The fourth-order valence-corrected chi connectivity index (χ4v) is 2.31. The van der Waals surface area contributed by atoms with Crippen LogP contribution in [-0.2, 0) is 0 Å². The molecule has 0 aliphatic carbocycles. The van der Waals surface area contributed by atoms with Crippen LogP contribution >= 0.6 is 0 Å². The lowest BCUT2D eigenvalue weighted by molar-refractivity contribution is -0.916. The van der Waals surface area contributed by atoms with E-state index in [-0.39, 0.29) is 0 Å². The van der Waals surface area contributed by atoms with Crippen molar-refractivity contribution < 1.29 is 10.0 Å². The molecule has 1 unspecified atom stereocenters. The van der Waals surface area contributed by atoms with E-state index in [0.717, 1.165) is 19.4 Å². The molecule has 1 heterocycles. The Bertz CT molecular complexity index is 193. The van der Waals surface area contributed by atoms with Crippen molar-refractivity contribution in [3.63, 3.8) is 0 Å². The fourth-order valence-electron chi connectivity index (χ4n) is 2.31. The van der Waals surface area contributed by atoms with Gasteiger partial charge in [0, 0.05) is 12.3 Å². The van der Waals surface area contributed by atoms with Crippen LogP contribution in [-0.4, -0.2) is 30.3 Å². The molecule has 0 bridgehead atoms. The van der Waals surface area contributed by atoms with Gasteiger partial charge in [0.15, 0.2) is 0 Å². The summed E-state index contributed by atoms with van der Waals surface area (Å²) in [6.07, 6.45) is 3.46. The van der Waals surface area contributed by atoms with Crippen molar-refractivity contribution in [1.29, 1.82) is 0 Å². The molecule has 1 aliphatic heterocycles. The number of quaternary nitrogens is 1. The first kappa shape index (κ1) is 10.7. The van der Waals surface area contributed by atoms with Crippen LogP contribution in [0.25, 0.3) is 0 Å². The molecule has 1 fully saturated rings. The van der Waals surface area contributed by atoms with E-state index in [0.29, 0.717) is 12.0 Å². The van der Waals surface area contributed by atoms with Crippen molar-refractivity contribution in [3.8, 4) is 0 Å². The second kappa shape index (κ2) is 3.81. The minimum atomic E-state index is -0.499. The van der Waals surface area contributed by atoms with Gasteiger partial charge in [-0.15, -0.1) is 6.58 Å². The summed E-state index contributed by atoms with van der Waals surface area (Å²) in [7, 11) is 2.20. The van der Waals surface area contributed by atoms with Crippen molar-refractivity contribution in [2.24, 2.45) is 5.92 Å². The van der Waals surface area contributed by atoms with Crippen molar-refractivity contribution in [1.82, 2.24) is 0 Å². The highest BCUT2D eigenvalue weighted by molar-refractivity contribution is 4.93. The average Bonchev–Trinajstić information content (AvgIpc) is 2.02. The van der Waals surface area contributed by atoms with Crippen LogP contribution in [0.1, 0.15) is 26.7 Å². The minimum absolute atomic E-state index is 0.377. The van der Waals surface area contributed by atoms with Crippen LogP contribution in [0.5, 0.6) is 0 Å². The van der Waals surface area contributed by atoms with E-state index in [1.807, 2.05) is 6.08 Å². The molecule has 0 spiro atoms. The molecule has 1 rings (SSSR count). The van der Waals surface area contributed by atoms with Gasteiger partial charge in [-0.2, -0.15) is 0 Å². The second-order valence-corrected chi connectivity index (χ2v) is 4.65. The maximum atomic E-state index is 10.3. The van der Waals surface area contributed by atoms with Gasteiger partial charge in [-0.3, -0.25) is 0 Å². The van der Waals surface area contributed by atoms with Gasteiger partial charge >= 0.3 is 0 Å². The van der Waals surface area contributed by atoms with Crippen molar-refractivity contribution in [3.05, 3.63) is 12.7 Å². The highest BCUT2D eigenvalue weighted by Crippen LogP contribution is 2.28. The second-order valence-electron chi connectivity index (χ2n) is 4.65. The van der Waals surface area contributed by atoms with Crippen LogP contribution in [0.4, 0.5) is 0 Å². The number of nitrogens with one attached hydrogen (secondary N) is 1. The summed E-state index contributed by atoms with van der Waals surface area (Å²) < 4.78 is 0. The van der Waals surface area contributed by atoms with Gasteiger partial charge < -0.3 is 10.0 Å². The Morgan fingerprint density at radius 2 is 2.23 bits per heavy atom. The number of piperidine rings is 1. The molecule has 2 heteroatoms. The number of hydrogen-bond donors (Lipinski definition) is 2. The number of rotatable bonds is 2. The summed E-state index contributed by atoms with van der Waals surface area (Å²) >= 11 is 0. The number of likely N-dealkylation sites (tertiary alicyclic amines) is 1. The van der Waals surface area contributed by atoms with Crippen LogP contribution < -0.4 is 4.90 Å². The first-order chi connectivity index (χ1) is 5.99. The Balaban J connectivity index is 2.69. The van der Waals surface area contributed by atoms with Crippen LogP contribution in [0.15, 0.2) is 12.7 Å². The third-order valence-electron chi connectivity index (χ3n) is 3.54. The molecule has 13 heavy (non-hydrogen) atoms. The molecule has 0 amide bonds. The fraction of sp³-hybridized carbons (Fsp3) is 0.818. The standard InChI is InChI=1S/C11H21NO/c1-5-6-11(13)7-10(3)12(4)8-9(11)2/h5,9-10,13H,1,6-8H2,2-4H3/p+1/t9-,10+,11-/m1/s1. The Hall–Kier alpha value is -0.340. The van der Waals surface area contributed by atoms with Gasteiger partial charge in [-0.25, -0.2) is 0 Å². The van der Waals surface area contributed by atoms with E-state index in [2.05, 4.69) is 27.5 Å². The Morgan fingerprint density at radius 1 is 1.62 bits per heavy atom. The van der Waals surface area contributed by atoms with Crippen molar-refractivity contribution in [2.75, 3.05) is 13.6 Å². The summed E-state index contributed by atoms with van der Waals surface area (Å²) in [4.78, 5) is 1.53. The molecule has 2 N–H and O–H groups in total. The molecule has 1 aliphatic rings. The lowest BCUT2D eigenvalue weighted by atomic mass is 9.77. The Kier molecular flexibility index (Phi) is 3.14. The zero-order valence-electron chi connectivity index (χ0n) is 9.01. The molecule has 0 aromatic rings. The van der Waals surface area contributed by atoms with E-state index in [9.17, 15) is 5.11 Å². The predicted molar refractivity (Wildman–Crippen MR) is 54.8 cm³/mol. The molecule has 2 nitrogen and oxygen atoms in total. The monoisotopic (exact) mass is 184 g/mol. The van der Waals surface area contributed by atoms with E-state index in [1.165, 1.54) is 4.90 Å². The lowest BCUT2D eigenvalue weighted by Gasteiger charge is -2.42. The smallest absolute Gasteiger partial charge is 0.0872 e. The van der Waals surface area contributed by atoms with Gasteiger partial charge in [-0.1, -0.05) is 13.0 Å². The van der Waals surface area contributed by atoms with Crippen LogP contribution in [0, 0.1) is 5.92 Å². The third kappa shape index (κ3) is 2.12. The summed E-state index contributed by atoms with van der Waals surface area (Å²) in [6, 6.07) is 0.557. The quantitative estimate of drug-likeness (QED) is 0.590. The van der Waals surface area contributed by atoms with Gasteiger partial charge in [0.2, 0.25) is 0 Å². The minimum Gasteiger partial charge on any atom is -0.389 e. The van der Waals surface area contributed by atoms with E-state index in [4.69, 9.17) is 0 Å². The molecule has 76 valence electrons. The molecule has 0 aromatic heterocycles. The van der Waals surface area contributed by atoms with Gasteiger partial charge in [0.05, 0.1) is 25.2 Å². The van der Waals surface area contributed by atoms with Crippen LogP contribution in [0.2, 0.25) is 0 Å². The van der Waals surface area contributed by atoms with Gasteiger partial charge in [0.25, 0.3) is 0 Å². The molecule has 0 aromatic carbocycles. The topological polar surface area (TPSA) is 24.7 Å². The lowest BCUT2D eigenvalue weighted by Crippen LogP contribution is -3.15. The summed E-state index contributed by atoms with van der Waals surface area (Å²) in [5, 5.41) is 10.3. The highest BCUT2D eigenvalue weighted by atomic mass is 16.3. The van der Waals surface area contributed by atoms with E-state index < -0.39 is 5.60 Å². The molecular formula is C11H22NO+. The average molecular weight is 184 g/mol. The van der Waals surface area contributed by atoms with E-state index >= 15 is 0 Å². The molecule has 0 saturated carbocycles. The zero-order chi connectivity index (χ0) is 10.1. The van der Waals surface area contributed by atoms with Crippen LogP contribution in [0.3, 0.4) is 0 Å². The van der Waals surface area contributed by atoms with Crippen molar-refractivity contribution in [2.45, 2.75) is 38.3 Å². The first-order valence-electron chi connectivity index (χ1n) is 5.15. The van der Waals surface area contributed by atoms with E-state index in [1.54, 1.807) is 0 Å².